The van der Waals surface area contributed by atoms with E-state index < -0.39 is 5.97 Å². The van der Waals surface area contributed by atoms with E-state index >= 15 is 0 Å². The Hall–Kier alpha value is -2.15. The van der Waals surface area contributed by atoms with Crippen molar-refractivity contribution < 1.29 is 14.3 Å². The largest absolute Gasteiger partial charge is 0.465 e. The first-order chi connectivity index (χ1) is 7.58. The van der Waals surface area contributed by atoms with Crippen LogP contribution in [0.25, 0.3) is 0 Å². The van der Waals surface area contributed by atoms with Crippen LogP contribution in [0.2, 0.25) is 0 Å². The lowest BCUT2D eigenvalue weighted by Crippen LogP contribution is -2.08. The normalized spacial score (nSPS) is 9.31. The Morgan fingerprint density at radius 2 is 2.12 bits per heavy atom. The number of hydrogen-bond acceptors (Lipinski definition) is 4. The van der Waals surface area contributed by atoms with Crippen LogP contribution >= 0.6 is 0 Å². The minimum Gasteiger partial charge on any atom is -0.465 e. The summed E-state index contributed by atoms with van der Waals surface area (Å²) >= 11 is 0. The van der Waals surface area contributed by atoms with Crippen LogP contribution in [0.15, 0.2) is 18.2 Å². The van der Waals surface area contributed by atoms with Gasteiger partial charge in [0.2, 0.25) is 0 Å². The van der Waals surface area contributed by atoms with E-state index in [1.54, 1.807) is 0 Å². The summed E-state index contributed by atoms with van der Waals surface area (Å²) < 4.78 is 4.60. The molecule has 0 saturated carbocycles. The summed E-state index contributed by atoms with van der Waals surface area (Å²) in [5.41, 5.74) is 1.28. The average Bonchev–Trinajstić information content (AvgIpc) is 2.27. The van der Waals surface area contributed by atoms with Gasteiger partial charge in [0.1, 0.15) is 5.78 Å². The fourth-order valence-corrected chi connectivity index (χ4v) is 1.39. The Morgan fingerprint density at radius 3 is 2.62 bits per heavy atom. The first-order valence-electron chi connectivity index (χ1n) is 4.69. The van der Waals surface area contributed by atoms with Crippen LogP contribution in [0, 0.1) is 11.3 Å². The summed E-state index contributed by atoms with van der Waals surface area (Å²) in [5.74, 6) is -0.569. The summed E-state index contributed by atoms with van der Waals surface area (Å²) in [6.07, 6.45) is 0.125. The highest BCUT2D eigenvalue weighted by Gasteiger charge is 2.13. The van der Waals surface area contributed by atoms with E-state index in [4.69, 9.17) is 5.26 Å². The van der Waals surface area contributed by atoms with Gasteiger partial charge in [-0.25, -0.2) is 4.79 Å². The van der Waals surface area contributed by atoms with Crippen molar-refractivity contribution in [2.24, 2.45) is 0 Å². The first kappa shape index (κ1) is 11.9. The van der Waals surface area contributed by atoms with Crippen LogP contribution in [-0.4, -0.2) is 18.9 Å². The predicted octanol–water partition coefficient (Wildman–Crippen LogP) is 1.48. The Balaban J connectivity index is 3.22. The van der Waals surface area contributed by atoms with Crippen LogP contribution in [0.1, 0.15) is 28.4 Å². The number of ketones is 1. The highest BCUT2D eigenvalue weighted by molar-refractivity contribution is 5.93. The third-order valence-electron chi connectivity index (χ3n) is 2.08. The van der Waals surface area contributed by atoms with Crippen LogP contribution in [0.4, 0.5) is 0 Å². The van der Waals surface area contributed by atoms with E-state index in [1.165, 1.54) is 32.2 Å². The van der Waals surface area contributed by atoms with Gasteiger partial charge in [-0.3, -0.25) is 4.79 Å². The van der Waals surface area contributed by atoms with Gasteiger partial charge in [0.05, 0.1) is 24.3 Å². The zero-order chi connectivity index (χ0) is 12.1. The number of esters is 1. The lowest BCUT2D eigenvalue weighted by molar-refractivity contribution is -0.116. The van der Waals surface area contributed by atoms with Gasteiger partial charge in [-0.05, 0) is 30.7 Å². The van der Waals surface area contributed by atoms with E-state index in [2.05, 4.69) is 4.74 Å². The maximum absolute atomic E-state index is 11.4. The Bertz CT molecular complexity index is 472. The van der Waals surface area contributed by atoms with E-state index in [0.717, 1.165) is 0 Å². The molecule has 4 heteroatoms. The zero-order valence-electron chi connectivity index (χ0n) is 9.11. The molecule has 0 saturated heterocycles. The summed E-state index contributed by atoms with van der Waals surface area (Å²) in [4.78, 5) is 22.4. The van der Waals surface area contributed by atoms with Crippen molar-refractivity contribution >= 4 is 11.8 Å². The lowest BCUT2D eigenvalue weighted by Gasteiger charge is -2.06. The highest BCUT2D eigenvalue weighted by atomic mass is 16.5. The van der Waals surface area contributed by atoms with Gasteiger partial charge < -0.3 is 4.74 Å². The monoisotopic (exact) mass is 217 g/mol. The second kappa shape index (κ2) is 5.08. The second-order valence-electron chi connectivity index (χ2n) is 3.35. The minimum absolute atomic E-state index is 0.0692. The van der Waals surface area contributed by atoms with Crippen molar-refractivity contribution in [1.82, 2.24) is 0 Å². The fraction of sp³-hybridized carbons (Fsp3) is 0.250. The predicted molar refractivity (Wildman–Crippen MR) is 56.9 cm³/mol. The number of nitrogens with zero attached hydrogens (tertiary/aromatic N) is 1. The molecule has 0 unspecified atom stereocenters. The Labute approximate surface area is 93.5 Å². The molecule has 0 bridgehead atoms. The third kappa shape index (κ3) is 2.67. The molecule has 0 fully saturated rings. The van der Waals surface area contributed by atoms with Crippen molar-refractivity contribution in [1.29, 1.82) is 5.26 Å². The van der Waals surface area contributed by atoms with Gasteiger partial charge in [0.15, 0.2) is 0 Å². The van der Waals surface area contributed by atoms with Gasteiger partial charge in [-0.15, -0.1) is 0 Å². The van der Waals surface area contributed by atoms with Crippen LogP contribution < -0.4 is 0 Å². The van der Waals surface area contributed by atoms with E-state index in [1.807, 2.05) is 6.07 Å². The molecule has 0 aliphatic rings. The number of benzene rings is 1. The molecule has 1 aromatic carbocycles. The summed E-state index contributed by atoms with van der Waals surface area (Å²) in [5, 5.41) is 8.73. The average molecular weight is 217 g/mol. The van der Waals surface area contributed by atoms with Crippen molar-refractivity contribution in [3.05, 3.63) is 34.9 Å². The smallest absolute Gasteiger partial charge is 0.338 e. The number of nitriles is 1. The van der Waals surface area contributed by atoms with Gasteiger partial charge >= 0.3 is 5.97 Å². The van der Waals surface area contributed by atoms with Crippen molar-refractivity contribution in [3.8, 4) is 6.07 Å². The number of carbonyl (C=O) groups is 2. The number of ether oxygens (including phenoxy) is 1. The molecule has 0 atom stereocenters. The molecule has 1 aromatic rings. The maximum atomic E-state index is 11.4. The van der Waals surface area contributed by atoms with Crippen LogP contribution in [0.3, 0.4) is 0 Å². The van der Waals surface area contributed by atoms with Gasteiger partial charge in [-0.1, -0.05) is 0 Å². The molecule has 82 valence electrons. The molecule has 16 heavy (non-hydrogen) atoms. The second-order valence-corrected chi connectivity index (χ2v) is 3.35. The first-order valence-corrected chi connectivity index (χ1v) is 4.69. The third-order valence-corrected chi connectivity index (χ3v) is 2.08. The Kier molecular flexibility index (Phi) is 3.78. The van der Waals surface area contributed by atoms with Crippen molar-refractivity contribution in [3.63, 3.8) is 0 Å². The molecule has 0 aliphatic carbocycles. The van der Waals surface area contributed by atoms with E-state index in [-0.39, 0.29) is 12.2 Å². The molecule has 0 heterocycles. The molecule has 0 spiro atoms. The standard InChI is InChI=1S/C12H11NO3/c1-8(14)5-10-6-9(7-13)3-4-11(10)12(15)16-2/h3-4,6H,5H2,1-2H3. The van der Waals surface area contributed by atoms with E-state index in [9.17, 15) is 9.59 Å². The Morgan fingerprint density at radius 1 is 1.44 bits per heavy atom. The lowest BCUT2D eigenvalue weighted by atomic mass is 10.00. The number of methoxy groups -OCH3 is 1. The molecule has 1 rings (SSSR count). The number of carbonyl (C=O) groups excluding carboxylic acids is 2. The molecule has 0 radical (unpaired) electrons. The summed E-state index contributed by atoms with van der Waals surface area (Å²) in [6, 6.07) is 6.52. The quantitative estimate of drug-likeness (QED) is 0.719. The van der Waals surface area contributed by atoms with Gasteiger partial charge in [0.25, 0.3) is 0 Å². The van der Waals surface area contributed by atoms with Crippen LogP contribution in [0.5, 0.6) is 0 Å². The molecule has 0 amide bonds. The molecule has 0 N–H and O–H groups in total. The van der Waals surface area contributed by atoms with Gasteiger partial charge in [0, 0.05) is 6.42 Å². The highest BCUT2D eigenvalue weighted by Crippen LogP contribution is 2.14. The number of Topliss-reactive ketones (excluding diaryl/α,β-unsaturated/α-hetero) is 1. The topological polar surface area (TPSA) is 67.2 Å². The van der Waals surface area contributed by atoms with Crippen LogP contribution in [-0.2, 0) is 16.0 Å². The molecule has 0 aliphatic heterocycles. The van der Waals surface area contributed by atoms with Crippen molar-refractivity contribution in [2.75, 3.05) is 7.11 Å². The fourth-order valence-electron chi connectivity index (χ4n) is 1.39. The van der Waals surface area contributed by atoms with Crippen molar-refractivity contribution in [2.45, 2.75) is 13.3 Å². The maximum Gasteiger partial charge on any atom is 0.338 e. The summed E-state index contributed by atoms with van der Waals surface area (Å²) in [7, 11) is 1.28. The molecule has 0 aromatic heterocycles. The van der Waals surface area contributed by atoms with Gasteiger partial charge in [-0.2, -0.15) is 5.26 Å². The molecular weight excluding hydrogens is 206 g/mol. The SMILES string of the molecule is COC(=O)c1ccc(C#N)cc1CC(C)=O. The zero-order valence-corrected chi connectivity index (χ0v) is 9.11. The van der Waals surface area contributed by atoms with E-state index in [0.29, 0.717) is 16.7 Å². The minimum atomic E-state index is -0.499. The molecule has 4 nitrogen and oxygen atoms in total. The molecular formula is C12H11NO3. The number of hydrogen-bond donors (Lipinski definition) is 0. The summed E-state index contributed by atoms with van der Waals surface area (Å²) in [6.45, 7) is 1.43. The number of rotatable bonds is 3.